The van der Waals surface area contributed by atoms with Crippen LogP contribution >= 0.6 is 11.3 Å². The van der Waals surface area contributed by atoms with E-state index in [4.69, 9.17) is 5.73 Å². The standard InChI is InChI=1S/C10H17N3O2S2/c1-6-8(16-9(11)12-6)17(14,15)13-10(2,3)7-4-5-7/h7,13H,4-5H2,1-3H3,(H2,11,12). The first-order valence-corrected chi connectivity index (χ1v) is 7.79. The van der Waals surface area contributed by atoms with Crippen LogP contribution in [0.5, 0.6) is 0 Å². The van der Waals surface area contributed by atoms with Gasteiger partial charge >= 0.3 is 0 Å². The number of rotatable bonds is 4. The Hall–Kier alpha value is -0.660. The van der Waals surface area contributed by atoms with Crippen molar-refractivity contribution in [3.05, 3.63) is 5.69 Å². The molecule has 2 rings (SSSR count). The number of aryl methyl sites for hydroxylation is 1. The van der Waals surface area contributed by atoms with Crippen molar-refractivity contribution >= 4 is 26.5 Å². The first-order chi connectivity index (χ1) is 7.72. The van der Waals surface area contributed by atoms with Crippen molar-refractivity contribution in [2.24, 2.45) is 5.92 Å². The van der Waals surface area contributed by atoms with Gasteiger partial charge in [-0.25, -0.2) is 18.1 Å². The van der Waals surface area contributed by atoms with Crippen LogP contribution in [0.3, 0.4) is 0 Å². The van der Waals surface area contributed by atoms with Gasteiger partial charge in [0.25, 0.3) is 10.0 Å². The highest BCUT2D eigenvalue weighted by atomic mass is 32.2. The number of aromatic nitrogens is 1. The highest BCUT2D eigenvalue weighted by Crippen LogP contribution is 2.40. The monoisotopic (exact) mass is 275 g/mol. The lowest BCUT2D eigenvalue weighted by molar-refractivity contribution is 0.401. The van der Waals surface area contributed by atoms with Crippen LogP contribution in [0.1, 0.15) is 32.4 Å². The number of nitrogen functional groups attached to an aromatic ring is 1. The maximum absolute atomic E-state index is 12.2. The van der Waals surface area contributed by atoms with Gasteiger partial charge in [-0.2, -0.15) is 0 Å². The Morgan fingerprint density at radius 3 is 2.47 bits per heavy atom. The molecule has 0 radical (unpaired) electrons. The van der Waals surface area contributed by atoms with Gasteiger partial charge in [-0.15, -0.1) is 0 Å². The molecule has 17 heavy (non-hydrogen) atoms. The smallest absolute Gasteiger partial charge is 0.252 e. The Bertz CT molecular complexity index is 530. The molecule has 0 atom stereocenters. The second-order valence-corrected chi connectivity index (χ2v) is 7.93. The summed E-state index contributed by atoms with van der Waals surface area (Å²) in [6.07, 6.45) is 2.17. The summed E-state index contributed by atoms with van der Waals surface area (Å²) in [7, 11) is -3.51. The van der Waals surface area contributed by atoms with Gasteiger partial charge in [0, 0.05) is 5.54 Å². The number of thiazole rings is 1. The summed E-state index contributed by atoms with van der Waals surface area (Å²) >= 11 is 1.01. The molecule has 1 aromatic rings. The quantitative estimate of drug-likeness (QED) is 0.872. The van der Waals surface area contributed by atoms with Crippen molar-refractivity contribution in [1.82, 2.24) is 9.71 Å². The molecule has 1 heterocycles. The lowest BCUT2D eigenvalue weighted by atomic mass is 10.0. The van der Waals surface area contributed by atoms with Gasteiger partial charge in [0.1, 0.15) is 0 Å². The fraction of sp³-hybridized carbons (Fsp3) is 0.700. The van der Waals surface area contributed by atoms with Crippen LogP contribution in [0.2, 0.25) is 0 Å². The lowest BCUT2D eigenvalue weighted by Crippen LogP contribution is -2.45. The number of sulfonamides is 1. The van der Waals surface area contributed by atoms with Crippen molar-refractivity contribution in [3.8, 4) is 0 Å². The molecule has 0 aliphatic heterocycles. The van der Waals surface area contributed by atoms with Gasteiger partial charge in [0.15, 0.2) is 9.34 Å². The zero-order valence-electron chi connectivity index (χ0n) is 10.1. The van der Waals surface area contributed by atoms with Crippen LogP contribution in [0.15, 0.2) is 4.21 Å². The van der Waals surface area contributed by atoms with E-state index in [0.29, 0.717) is 11.6 Å². The average Bonchev–Trinajstić information content (AvgIpc) is 2.91. The molecule has 0 bridgehead atoms. The van der Waals surface area contributed by atoms with Crippen molar-refractivity contribution < 1.29 is 8.42 Å². The predicted octanol–water partition coefficient (Wildman–Crippen LogP) is 1.50. The molecular weight excluding hydrogens is 258 g/mol. The number of hydrogen-bond acceptors (Lipinski definition) is 5. The minimum atomic E-state index is -3.51. The zero-order valence-corrected chi connectivity index (χ0v) is 11.8. The molecule has 0 amide bonds. The minimum absolute atomic E-state index is 0.226. The highest BCUT2D eigenvalue weighted by molar-refractivity contribution is 7.91. The molecule has 3 N–H and O–H groups in total. The molecule has 0 saturated heterocycles. The molecule has 0 spiro atoms. The molecule has 1 fully saturated rings. The van der Waals surface area contributed by atoms with E-state index in [-0.39, 0.29) is 9.34 Å². The maximum Gasteiger partial charge on any atom is 0.252 e. The summed E-state index contributed by atoms with van der Waals surface area (Å²) in [5.74, 6) is 0.433. The van der Waals surface area contributed by atoms with Crippen molar-refractivity contribution in [3.63, 3.8) is 0 Å². The van der Waals surface area contributed by atoms with Crippen molar-refractivity contribution in [1.29, 1.82) is 0 Å². The van der Waals surface area contributed by atoms with Gasteiger partial charge < -0.3 is 5.73 Å². The summed E-state index contributed by atoms with van der Waals surface area (Å²) in [6, 6.07) is 0. The SMILES string of the molecule is Cc1nc(N)sc1S(=O)(=O)NC(C)(C)C1CC1. The van der Waals surface area contributed by atoms with Crippen molar-refractivity contribution in [2.75, 3.05) is 5.73 Å². The van der Waals surface area contributed by atoms with E-state index in [1.165, 1.54) is 0 Å². The second-order valence-electron chi connectivity index (χ2n) is 5.03. The Kier molecular flexibility index (Phi) is 2.95. The third-order valence-electron chi connectivity index (χ3n) is 3.01. The second kappa shape index (κ2) is 3.93. The van der Waals surface area contributed by atoms with Gasteiger partial charge in [-0.1, -0.05) is 11.3 Å². The fourth-order valence-corrected chi connectivity index (χ4v) is 4.71. The van der Waals surface area contributed by atoms with E-state index >= 15 is 0 Å². The number of nitrogens with zero attached hydrogens (tertiary/aromatic N) is 1. The molecule has 5 nitrogen and oxygen atoms in total. The zero-order chi connectivity index (χ0) is 12.8. The molecule has 1 aliphatic carbocycles. The van der Waals surface area contributed by atoms with Crippen LogP contribution in [-0.4, -0.2) is 18.9 Å². The van der Waals surface area contributed by atoms with Crippen LogP contribution in [-0.2, 0) is 10.0 Å². The summed E-state index contributed by atoms with van der Waals surface area (Å²) in [5.41, 5.74) is 5.59. The molecule has 1 aliphatic rings. The van der Waals surface area contributed by atoms with E-state index in [0.717, 1.165) is 24.2 Å². The van der Waals surface area contributed by atoms with Crippen LogP contribution in [0.4, 0.5) is 5.13 Å². The molecule has 1 aromatic heterocycles. The molecule has 0 unspecified atom stereocenters. The third kappa shape index (κ3) is 2.61. The normalized spacial score (nSPS) is 17.4. The molecule has 96 valence electrons. The molecule has 0 aromatic carbocycles. The number of nitrogens with two attached hydrogens (primary N) is 1. The number of anilines is 1. The first-order valence-electron chi connectivity index (χ1n) is 5.49. The summed E-state index contributed by atoms with van der Waals surface area (Å²) in [4.78, 5) is 3.94. The van der Waals surface area contributed by atoms with Gasteiger partial charge in [0.05, 0.1) is 5.69 Å². The minimum Gasteiger partial charge on any atom is -0.375 e. The fourth-order valence-electron chi connectivity index (χ4n) is 1.93. The van der Waals surface area contributed by atoms with Gasteiger partial charge in [-0.05, 0) is 39.5 Å². The molecular formula is C10H17N3O2S2. The van der Waals surface area contributed by atoms with E-state index in [9.17, 15) is 8.42 Å². The van der Waals surface area contributed by atoms with E-state index in [1.54, 1.807) is 6.92 Å². The van der Waals surface area contributed by atoms with Crippen molar-refractivity contribution in [2.45, 2.75) is 43.4 Å². The number of nitrogens with one attached hydrogen (secondary N) is 1. The Labute approximate surface area is 105 Å². The van der Waals surface area contributed by atoms with Crippen LogP contribution in [0, 0.1) is 12.8 Å². The Balaban J connectivity index is 2.27. The average molecular weight is 275 g/mol. The largest absolute Gasteiger partial charge is 0.375 e. The Morgan fingerprint density at radius 2 is 2.06 bits per heavy atom. The maximum atomic E-state index is 12.2. The lowest BCUT2D eigenvalue weighted by Gasteiger charge is -2.25. The van der Waals surface area contributed by atoms with Gasteiger partial charge in [-0.3, -0.25) is 0 Å². The van der Waals surface area contributed by atoms with E-state index < -0.39 is 15.6 Å². The Morgan fingerprint density at radius 1 is 1.47 bits per heavy atom. The van der Waals surface area contributed by atoms with Crippen LogP contribution < -0.4 is 10.5 Å². The molecule has 1 saturated carbocycles. The van der Waals surface area contributed by atoms with Gasteiger partial charge in [0.2, 0.25) is 0 Å². The third-order valence-corrected chi connectivity index (χ3v) is 6.28. The van der Waals surface area contributed by atoms with Crippen LogP contribution in [0.25, 0.3) is 0 Å². The van der Waals surface area contributed by atoms with E-state index in [1.807, 2.05) is 13.8 Å². The van der Waals surface area contributed by atoms with E-state index in [2.05, 4.69) is 9.71 Å². The first kappa shape index (κ1) is 12.8. The summed E-state index contributed by atoms with van der Waals surface area (Å²) < 4.78 is 27.4. The summed E-state index contributed by atoms with van der Waals surface area (Å²) in [5, 5.41) is 0.284. The number of hydrogen-bond donors (Lipinski definition) is 2. The molecule has 7 heteroatoms. The highest BCUT2D eigenvalue weighted by Gasteiger charge is 2.41. The predicted molar refractivity (Wildman–Crippen MR) is 68.4 cm³/mol. The summed E-state index contributed by atoms with van der Waals surface area (Å²) in [6.45, 7) is 5.50. The topological polar surface area (TPSA) is 85.1 Å².